The second-order valence-electron chi connectivity index (χ2n) is 12.8. The lowest BCUT2D eigenvalue weighted by Gasteiger charge is -2.23. The normalized spacial score (nSPS) is 18.7. The zero-order valence-electron chi connectivity index (χ0n) is 29.4. The summed E-state index contributed by atoms with van der Waals surface area (Å²) >= 11 is 3.07. The first-order chi connectivity index (χ1) is 24.2. The monoisotopic (exact) mass is 724 g/mol. The first-order valence-corrected chi connectivity index (χ1v) is 18.8. The number of ether oxygens (including phenoxy) is 2. The van der Waals surface area contributed by atoms with E-state index in [1.54, 1.807) is 0 Å². The molecule has 2 amide bonds. The minimum atomic E-state index is -0.0863. The number of rotatable bonds is 10. The Hall–Kier alpha value is -3.66. The molecule has 6 heterocycles. The molecule has 0 aromatic carbocycles. The number of aromatic nitrogens is 4. The van der Waals surface area contributed by atoms with E-state index in [4.69, 9.17) is 9.47 Å². The van der Waals surface area contributed by atoms with E-state index >= 15 is 0 Å². The summed E-state index contributed by atoms with van der Waals surface area (Å²) in [6.45, 7) is 14.1. The molecule has 4 aromatic rings. The molecule has 2 N–H and O–H groups in total. The van der Waals surface area contributed by atoms with Crippen molar-refractivity contribution >= 4 is 44.8 Å². The lowest BCUT2D eigenvalue weighted by molar-refractivity contribution is -0.115. The van der Waals surface area contributed by atoms with Crippen molar-refractivity contribution in [3.05, 3.63) is 81.3 Å². The van der Waals surface area contributed by atoms with Gasteiger partial charge in [0.05, 0.1) is 12.2 Å². The van der Waals surface area contributed by atoms with Crippen LogP contribution in [0.5, 0.6) is 0 Å². The quantitative estimate of drug-likeness (QED) is 0.208. The summed E-state index contributed by atoms with van der Waals surface area (Å²) in [5.74, 6) is -0.173. The molecule has 50 heavy (non-hydrogen) atoms. The molecule has 0 saturated carbocycles. The van der Waals surface area contributed by atoms with E-state index in [1.165, 1.54) is 47.6 Å². The average Bonchev–Trinajstić information content (AvgIpc) is 3.53. The van der Waals surface area contributed by atoms with Crippen LogP contribution in [-0.2, 0) is 45.0 Å². The molecule has 6 rings (SSSR count). The van der Waals surface area contributed by atoms with Crippen LogP contribution >= 0.6 is 22.7 Å². The third-order valence-corrected chi connectivity index (χ3v) is 9.94. The molecule has 0 aliphatic carbocycles. The Bertz CT molecular complexity index is 1570. The number of aryl methyl sites for hydroxylation is 2. The van der Waals surface area contributed by atoms with Gasteiger partial charge in [-0.25, -0.2) is 9.97 Å². The third-order valence-electron chi connectivity index (χ3n) is 8.15. The molecule has 14 heteroatoms. The fraction of sp³-hybridized carbons (Fsp3) is 0.500. The number of pyridine rings is 2. The molecule has 2 fully saturated rings. The number of nitrogens with zero attached hydrogens (tertiary/aromatic N) is 6. The Morgan fingerprint density at radius 2 is 1.20 bits per heavy atom. The van der Waals surface area contributed by atoms with Gasteiger partial charge in [-0.1, -0.05) is 0 Å². The van der Waals surface area contributed by atoms with E-state index in [0.29, 0.717) is 10.3 Å². The van der Waals surface area contributed by atoms with Crippen LogP contribution in [0.2, 0.25) is 0 Å². The minimum absolute atomic E-state index is 0. The number of hydrogen-bond donors (Lipinski definition) is 2. The molecule has 0 bridgehead atoms. The summed E-state index contributed by atoms with van der Waals surface area (Å²) in [6, 6.07) is 8.38. The molecule has 0 unspecified atom stereocenters. The van der Waals surface area contributed by atoms with E-state index in [2.05, 4.69) is 64.6 Å². The van der Waals surface area contributed by atoms with Gasteiger partial charge < -0.3 is 20.1 Å². The molecule has 2 atom stereocenters. The summed E-state index contributed by atoms with van der Waals surface area (Å²) in [7, 11) is 0. The molecule has 12 nitrogen and oxygen atoms in total. The molecule has 4 aromatic heterocycles. The van der Waals surface area contributed by atoms with Crippen molar-refractivity contribution in [1.29, 1.82) is 0 Å². The zero-order valence-corrected chi connectivity index (χ0v) is 31.0. The predicted molar refractivity (Wildman–Crippen MR) is 202 cm³/mol. The van der Waals surface area contributed by atoms with Crippen LogP contribution in [-0.4, -0.2) is 93.2 Å². The molecule has 272 valence electrons. The van der Waals surface area contributed by atoms with Gasteiger partial charge in [-0.15, -0.1) is 22.7 Å². The van der Waals surface area contributed by atoms with Crippen molar-refractivity contribution < 1.29 is 21.9 Å². The van der Waals surface area contributed by atoms with E-state index in [0.717, 1.165) is 99.3 Å². The number of carbonyl (C=O) groups excluding carboxylic acids is 2. The Labute approximate surface area is 305 Å². The molecule has 2 aliphatic heterocycles. The highest BCUT2D eigenvalue weighted by molar-refractivity contribution is 7.16. The van der Waals surface area contributed by atoms with Crippen molar-refractivity contribution in [2.75, 3.05) is 50.0 Å². The van der Waals surface area contributed by atoms with Gasteiger partial charge in [0.1, 0.15) is 0 Å². The van der Waals surface area contributed by atoms with Gasteiger partial charge in [-0.2, -0.15) is 0 Å². The maximum Gasteiger partial charge on any atom is 0.223 e. The van der Waals surface area contributed by atoms with Crippen LogP contribution < -0.4 is 10.6 Å². The van der Waals surface area contributed by atoms with E-state index in [9.17, 15) is 9.59 Å². The van der Waals surface area contributed by atoms with Gasteiger partial charge in [0.15, 0.2) is 10.3 Å². The number of hydrogen-bond acceptors (Lipinski definition) is 12. The molecule has 0 spiro atoms. The molecule has 2 aliphatic rings. The van der Waals surface area contributed by atoms with Crippen LogP contribution in [0.15, 0.2) is 49.1 Å². The first kappa shape index (κ1) is 37.6. The van der Waals surface area contributed by atoms with Crippen LogP contribution in [0.1, 0.15) is 61.8 Å². The van der Waals surface area contributed by atoms with E-state index in [1.807, 2.05) is 38.6 Å². The van der Waals surface area contributed by atoms with Crippen molar-refractivity contribution in [2.24, 2.45) is 0 Å². The van der Waals surface area contributed by atoms with Crippen LogP contribution in [0.4, 0.5) is 10.3 Å². The Kier molecular flexibility index (Phi) is 14.3. The zero-order chi connectivity index (χ0) is 35.3. The van der Waals surface area contributed by atoms with Crippen molar-refractivity contribution in [3.8, 4) is 0 Å². The summed E-state index contributed by atoms with van der Waals surface area (Å²) in [5, 5.41) is 6.81. The third kappa shape index (κ3) is 12.9. The largest absolute Gasteiger partial charge is 0.376 e. The Balaban J connectivity index is 0.000000270. The lowest BCUT2D eigenvalue weighted by atomic mass is 10.1. The second kappa shape index (κ2) is 19.1. The van der Waals surface area contributed by atoms with E-state index < -0.39 is 0 Å². The fourth-order valence-electron chi connectivity index (χ4n) is 6.08. The van der Waals surface area contributed by atoms with Crippen molar-refractivity contribution in [2.45, 2.75) is 78.7 Å². The maximum atomic E-state index is 11.1. The Morgan fingerprint density at radius 3 is 1.60 bits per heavy atom. The average molecular weight is 725 g/mol. The van der Waals surface area contributed by atoms with Gasteiger partial charge in [0, 0.05) is 115 Å². The number of carbonyl (C=O) groups is 2. The van der Waals surface area contributed by atoms with Crippen LogP contribution in [0, 0.1) is 13.8 Å². The number of thiazole rings is 2. The smallest absolute Gasteiger partial charge is 0.223 e. The standard InChI is InChI=1S/2C18H24N4O2S.2H2/c2*1-13-8-15(4-5-19-13)9-16-11-22(6-3-7-24-16)12-17-10-20-18(25-17)21-14(2)23;;/h2*4-5,8,10,16H,3,6-7,9,11-12H2,1-2H3,(H,20,21,23);2*1H/t2*16-;;/m10../s1. The molecule has 0 radical (unpaired) electrons. The topological polar surface area (TPSA) is 135 Å². The maximum absolute atomic E-state index is 11.1. The van der Waals surface area contributed by atoms with Gasteiger partial charge >= 0.3 is 0 Å². The molecule has 2 saturated heterocycles. The summed E-state index contributed by atoms with van der Waals surface area (Å²) < 4.78 is 12.1. The summed E-state index contributed by atoms with van der Waals surface area (Å²) in [5.41, 5.74) is 4.62. The highest BCUT2D eigenvalue weighted by Gasteiger charge is 2.22. The number of amides is 2. The van der Waals surface area contributed by atoms with Crippen LogP contribution in [0.25, 0.3) is 0 Å². The fourth-order valence-corrected chi connectivity index (χ4v) is 7.88. The van der Waals surface area contributed by atoms with Gasteiger partial charge in [0.25, 0.3) is 0 Å². The number of nitrogens with one attached hydrogen (secondary N) is 2. The van der Waals surface area contributed by atoms with E-state index in [-0.39, 0.29) is 26.9 Å². The highest BCUT2D eigenvalue weighted by Crippen LogP contribution is 2.23. The van der Waals surface area contributed by atoms with Gasteiger partial charge in [-0.05, 0) is 74.9 Å². The van der Waals surface area contributed by atoms with Crippen molar-refractivity contribution in [1.82, 2.24) is 29.7 Å². The second-order valence-corrected chi connectivity index (χ2v) is 15.0. The van der Waals surface area contributed by atoms with Crippen LogP contribution in [0.3, 0.4) is 0 Å². The lowest BCUT2D eigenvalue weighted by Crippen LogP contribution is -2.32. The van der Waals surface area contributed by atoms with Crippen molar-refractivity contribution in [3.63, 3.8) is 0 Å². The predicted octanol–water partition coefficient (Wildman–Crippen LogP) is 5.77. The molecular formula is C36H52N8O4S2. The SMILES string of the molecule is CC(=O)Nc1ncc(CN2CCCO[C@@H](Cc3ccnc(C)c3)C2)s1.CC(=O)Nc1ncc(CN2CCCO[C@H](Cc3ccnc(C)c3)C2)s1.[HH].[HH]. The highest BCUT2D eigenvalue weighted by atomic mass is 32.1. The first-order valence-electron chi connectivity index (χ1n) is 17.1. The minimum Gasteiger partial charge on any atom is -0.376 e. The van der Waals surface area contributed by atoms with Gasteiger partial charge in [0.2, 0.25) is 11.8 Å². The summed E-state index contributed by atoms with van der Waals surface area (Å²) in [4.78, 5) is 46.4. The Morgan fingerprint density at radius 1 is 0.760 bits per heavy atom. The summed E-state index contributed by atoms with van der Waals surface area (Å²) in [6.07, 6.45) is 11.7. The van der Waals surface area contributed by atoms with Gasteiger partial charge in [-0.3, -0.25) is 29.4 Å². The number of anilines is 2. The molecular weight excluding hydrogens is 673 g/mol.